The van der Waals surface area contributed by atoms with Gasteiger partial charge in [-0.1, -0.05) is 26.3 Å². The van der Waals surface area contributed by atoms with Crippen molar-refractivity contribution >= 4 is 141 Å². The Labute approximate surface area is 779 Å². The smallest absolute Gasteiger partial charge is 0.323 e. The van der Waals surface area contributed by atoms with Gasteiger partial charge in [-0.05, 0) is 171 Å². The minimum atomic E-state index is -0.285. The first-order valence-electron chi connectivity index (χ1n) is 45.5. The number of amides is 1. The Morgan fingerprint density at radius 2 is 0.865 bits per heavy atom. The molecule has 4 aliphatic heterocycles. The normalized spacial score (nSPS) is 18.8. The van der Waals surface area contributed by atoms with E-state index in [1.807, 2.05) is 59.9 Å². The first-order chi connectivity index (χ1) is 64.6. The quantitative estimate of drug-likeness (QED) is 0.0217. The average Bonchev–Trinajstić information content (AvgIpc) is 1.64. The van der Waals surface area contributed by atoms with Crippen molar-refractivity contribution in [2.24, 2.45) is 0 Å². The number of likely N-dealkylation sites (N-methyl/N-ethyl adjacent to an activating group) is 1. The lowest BCUT2D eigenvalue weighted by molar-refractivity contribution is -0.118. The fourth-order valence-corrected chi connectivity index (χ4v) is 20.7. The lowest BCUT2D eigenvalue weighted by Crippen LogP contribution is -2.44. The summed E-state index contributed by atoms with van der Waals surface area (Å²) in [5, 5.41) is 44.6. The Bertz CT molecular complexity index is 7430. The van der Waals surface area contributed by atoms with Crippen LogP contribution in [-0.2, 0) is 40.4 Å². The summed E-state index contributed by atoms with van der Waals surface area (Å²) in [7, 11) is 3.89. The molecule has 688 valence electrons. The fourth-order valence-electron chi connectivity index (χ4n) is 16.9. The van der Waals surface area contributed by atoms with Gasteiger partial charge < -0.3 is 76.2 Å². The molecule has 8 aliphatic rings. The molecular weight excluding hydrogens is 1760 g/mol. The Hall–Kier alpha value is -12.6. The van der Waals surface area contributed by atoms with E-state index < -0.39 is 0 Å². The number of piperazine rings is 1. The first-order valence-corrected chi connectivity index (χ1v) is 48.8. The zero-order valence-electron chi connectivity index (χ0n) is 74.8. The van der Waals surface area contributed by atoms with E-state index in [0.717, 1.165) is 214 Å². The number of hydrogen-bond acceptors (Lipinski definition) is 27. The van der Waals surface area contributed by atoms with Gasteiger partial charge in [-0.25, -0.2) is 34.3 Å². The molecule has 4 saturated carbocycles. The van der Waals surface area contributed by atoms with Gasteiger partial charge >= 0.3 is 17.1 Å². The maximum absolute atomic E-state index is 11.7. The largest absolute Gasteiger partial charge is 0.383 e. The van der Waals surface area contributed by atoms with Crippen LogP contribution in [0.4, 0.5) is 23.3 Å². The molecule has 38 heteroatoms. The summed E-state index contributed by atoms with van der Waals surface area (Å²) in [5.41, 5.74) is 11.9. The van der Waals surface area contributed by atoms with Gasteiger partial charge in [0.1, 0.15) is 23.3 Å². The van der Waals surface area contributed by atoms with E-state index in [2.05, 4.69) is 221 Å². The molecule has 0 bridgehead atoms. The van der Waals surface area contributed by atoms with Crippen LogP contribution in [0.1, 0.15) is 126 Å². The number of hydrogen-bond donors (Lipinski definition) is 12. The standard InChI is InChI=1S/C25H29N7O2S.C24H28N8OS.C24H26N6OS.C22H25N7O2S/c1-14-11-31(12-15(2)34-14)13-19-6-7-22(35-19)21-9-23(28-18-4-5-18)32-24(29-21)17(10-26-32)8-20-16(3)27-25(33)30-20;1-15-19(29-24(33)26-15)11-16-13-25-32-22(27-17-3-4-17)12-20(28-23(16)32)21-6-5-18(34-21)14-31-9-7-30(2)8-10-31;1-15-16(10-23(31)26-15)8-17-12-25-30-22(27-19-4-5-19)11-21(28-24(17)30)18-9-20(32-14-18)13-29-6-2-3-7-29;1-13-17(28-22(30)25-13)9-14-11-24-29-20(26-15-3-4-15)10-18(27-21(14)29)19-6-5-16(32-19)12-23-7-8-31-2/h6-10,14-15,18,28H,3-5,11-13H2,1-2H3,(H2,27,30,33);5-6,11-13,17,27H,1,3-4,7-10,14H2,2H3,(H2,26,29,33);8-9,11-12,14,19,27H,1-7,10,13H2,(H,26,31);5-6,9-11,15,23,26H,1,3-4,7-8,12H2,2H3,(H2,25,28,30)/b20-8-;19-11-;16-8+;17-9-. The van der Waals surface area contributed by atoms with Gasteiger partial charge in [0.25, 0.3) is 0 Å². The van der Waals surface area contributed by atoms with Crippen LogP contribution in [0.5, 0.6) is 0 Å². The Kier molecular flexibility index (Phi) is 25.6. The lowest BCUT2D eigenvalue weighted by atomic mass is 10.1. The number of rotatable bonds is 27. The number of carbonyl (C=O) groups is 1. The highest BCUT2D eigenvalue weighted by Crippen LogP contribution is 2.39. The summed E-state index contributed by atoms with van der Waals surface area (Å²) in [5.74, 6) is 3.72. The van der Waals surface area contributed by atoms with Crippen LogP contribution in [-0.4, -0.2) is 230 Å². The van der Waals surface area contributed by atoms with E-state index in [-0.39, 0.29) is 35.2 Å². The number of carbonyl (C=O) groups excluding carboxylic acids is 1. The topological polar surface area (TPSA) is 387 Å². The number of morpholine rings is 1. The molecule has 0 aromatic carbocycles. The molecule has 12 N–H and O–H groups in total. The molecule has 1 amide bonds. The minimum absolute atomic E-state index is 0.0220. The molecule has 8 fully saturated rings. The van der Waals surface area contributed by atoms with Crippen LogP contribution in [0.2, 0.25) is 0 Å². The number of methoxy groups -OCH3 is 1. The van der Waals surface area contributed by atoms with Crippen LogP contribution in [0.25, 0.3) is 110 Å². The molecule has 0 spiro atoms. The molecule has 2 atom stereocenters. The third kappa shape index (κ3) is 21.2. The van der Waals surface area contributed by atoms with E-state index in [0.29, 0.717) is 75.0 Å². The maximum atomic E-state index is 11.7. The van der Waals surface area contributed by atoms with Crippen molar-refractivity contribution in [2.45, 2.75) is 147 Å². The Balaban J connectivity index is 0.000000110. The van der Waals surface area contributed by atoms with Crippen LogP contribution in [0.15, 0.2) is 129 Å². The Morgan fingerprint density at radius 3 is 1.27 bits per heavy atom. The van der Waals surface area contributed by atoms with Crippen LogP contribution in [0.3, 0.4) is 0 Å². The number of likely N-dealkylation sites (tertiary alicyclic amines) is 1. The maximum Gasteiger partial charge on any atom is 0.323 e. The number of aromatic nitrogens is 18. The van der Waals surface area contributed by atoms with Gasteiger partial charge in [-0.3, -0.25) is 19.5 Å². The molecule has 0 radical (unpaired) electrons. The molecule has 19 heterocycles. The summed E-state index contributed by atoms with van der Waals surface area (Å²) >= 11 is 7.11. The zero-order valence-corrected chi connectivity index (χ0v) is 78.0. The molecular formula is C95H108N28O6S4. The molecule has 4 saturated heterocycles. The molecule has 23 rings (SSSR count). The average molecular weight is 1870 g/mol. The zero-order chi connectivity index (χ0) is 91.1. The van der Waals surface area contributed by atoms with Gasteiger partial charge in [-0.2, -0.15) is 38.5 Å². The minimum Gasteiger partial charge on any atom is -0.383 e. The number of nitrogens with zero attached hydrogens (tertiary/aromatic N) is 16. The van der Waals surface area contributed by atoms with Crippen LogP contribution >= 0.6 is 45.3 Å². The molecule has 15 aromatic rings. The summed E-state index contributed by atoms with van der Waals surface area (Å²) in [6, 6.07) is 25.5. The fraction of sp³-hybridized carbons (Fsp3) is 0.368. The van der Waals surface area contributed by atoms with E-state index in [4.69, 9.17) is 29.4 Å². The summed E-state index contributed by atoms with van der Waals surface area (Å²) in [6.45, 7) is 33.9. The van der Waals surface area contributed by atoms with Crippen molar-refractivity contribution in [2.75, 3.05) is 101 Å². The van der Waals surface area contributed by atoms with Crippen molar-refractivity contribution in [1.82, 2.24) is 119 Å². The second kappa shape index (κ2) is 38.5. The molecule has 4 aliphatic carbocycles. The second-order valence-electron chi connectivity index (χ2n) is 35.6. The third-order valence-corrected chi connectivity index (χ3v) is 28.6. The van der Waals surface area contributed by atoms with Gasteiger partial charge in [-0.15, -0.1) is 45.3 Å². The number of ether oxygens (including phenoxy) is 2. The van der Waals surface area contributed by atoms with Gasteiger partial charge in [0.05, 0.1) is 120 Å². The molecule has 2 unspecified atom stereocenters. The van der Waals surface area contributed by atoms with Crippen LogP contribution in [0, 0.1) is 0 Å². The number of fused-ring (bicyclic) bond motifs is 4. The summed E-state index contributed by atoms with van der Waals surface area (Å²) in [6.07, 6.45) is 27.5. The van der Waals surface area contributed by atoms with Crippen molar-refractivity contribution in [3.8, 4) is 43.0 Å². The molecule has 34 nitrogen and oxygen atoms in total. The first kappa shape index (κ1) is 88.3. The number of nitrogens with one attached hydrogen (secondary N) is 12. The highest BCUT2D eigenvalue weighted by atomic mass is 32.1. The van der Waals surface area contributed by atoms with Crippen LogP contribution < -0.4 is 81.1 Å². The van der Waals surface area contributed by atoms with E-state index in [9.17, 15) is 19.2 Å². The van der Waals surface area contributed by atoms with Crippen molar-refractivity contribution in [3.05, 3.63) is 220 Å². The second-order valence-corrected chi connectivity index (χ2v) is 40.1. The number of H-pyrrole nitrogens is 6. The van der Waals surface area contributed by atoms with E-state index in [1.54, 1.807) is 59.7 Å². The van der Waals surface area contributed by atoms with Crippen molar-refractivity contribution < 1.29 is 14.3 Å². The number of thiophene rings is 4. The molecule has 133 heavy (non-hydrogen) atoms. The third-order valence-electron chi connectivity index (χ3n) is 24.4. The highest BCUT2D eigenvalue weighted by Gasteiger charge is 2.31. The van der Waals surface area contributed by atoms with Crippen molar-refractivity contribution in [1.29, 1.82) is 0 Å². The lowest BCUT2D eigenvalue weighted by Gasteiger charge is -2.34. The number of imidazole rings is 3. The predicted octanol–water partition coefficient (Wildman–Crippen LogP) is 8.00. The van der Waals surface area contributed by atoms with E-state index in [1.165, 1.54) is 71.1 Å². The van der Waals surface area contributed by atoms with Gasteiger partial charge in [0, 0.05) is 186 Å². The predicted molar refractivity (Wildman–Crippen MR) is 527 cm³/mol. The van der Waals surface area contributed by atoms with E-state index >= 15 is 0 Å². The SMILES string of the molecule is C=C1NC(=O)C/C1=C\c1cnn2c(NC3CC3)cc(-c3csc(CN4CCCC4)c3)nc12.C=c1[nH]c(=O)[nH]/c1=C\c1cnn2c(NC3CC3)cc(-c3ccc(CN4CC(C)OC(C)C4)s3)nc12.C=c1[nH]c(=O)[nH]/c1=C\c1cnn2c(NC3CC3)cc(-c3ccc(CN4CCN(C)CC4)s3)nc12.C=c1[nH]c(=O)[nH]/c1=C\c1cnn2c(NC3CC3)cc(-c3ccc(CNCCOC)s3)nc12. The number of anilines is 4. The number of allylic oxidation sites excluding steroid dienone is 1. The molecule has 15 aromatic heterocycles. The van der Waals surface area contributed by atoms with Gasteiger partial charge in [0.15, 0.2) is 22.6 Å². The Morgan fingerprint density at radius 1 is 0.474 bits per heavy atom. The van der Waals surface area contributed by atoms with Gasteiger partial charge in [0.2, 0.25) is 5.91 Å². The number of aromatic amines is 6. The highest BCUT2D eigenvalue weighted by molar-refractivity contribution is 7.16. The summed E-state index contributed by atoms with van der Waals surface area (Å²) in [4.78, 5) is 101. The monoisotopic (exact) mass is 1860 g/mol. The summed E-state index contributed by atoms with van der Waals surface area (Å²) < 4.78 is 18.4. The van der Waals surface area contributed by atoms with Crippen molar-refractivity contribution in [3.63, 3.8) is 0 Å².